The zero-order chi connectivity index (χ0) is 21.0. The van der Waals surface area contributed by atoms with Crippen LogP contribution in [0.3, 0.4) is 0 Å². The molecule has 0 aliphatic carbocycles. The minimum atomic E-state index is -0.495. The molecular formula is C20H21N3O4S2. The normalized spacial score (nSPS) is 11.0. The van der Waals surface area contributed by atoms with Gasteiger partial charge in [0.05, 0.1) is 29.5 Å². The van der Waals surface area contributed by atoms with Crippen molar-refractivity contribution in [1.82, 2.24) is 9.55 Å². The smallest absolute Gasteiger partial charge is 0.350 e. The molecular weight excluding hydrogens is 410 g/mol. The average Bonchev–Trinajstić information content (AvgIpc) is 3.16. The van der Waals surface area contributed by atoms with Gasteiger partial charge in [0.25, 0.3) is 5.56 Å². The summed E-state index contributed by atoms with van der Waals surface area (Å²) in [6, 6.07) is 8.84. The van der Waals surface area contributed by atoms with Gasteiger partial charge in [-0.05, 0) is 29.5 Å². The Morgan fingerprint density at radius 3 is 2.76 bits per heavy atom. The molecule has 9 heteroatoms. The highest BCUT2D eigenvalue weighted by Gasteiger charge is 2.17. The van der Waals surface area contributed by atoms with Crippen LogP contribution in [0.1, 0.15) is 23.5 Å². The number of benzene rings is 1. The van der Waals surface area contributed by atoms with E-state index in [2.05, 4.69) is 10.3 Å². The number of carbonyl (C=O) groups excluding carboxylic acids is 2. The number of para-hydroxylation sites is 1. The number of hydrogen-bond donors (Lipinski definition) is 1. The van der Waals surface area contributed by atoms with E-state index in [-0.39, 0.29) is 23.1 Å². The number of thiophene rings is 1. The predicted octanol–water partition coefficient (Wildman–Crippen LogP) is 3.63. The molecule has 0 fully saturated rings. The molecule has 0 aliphatic rings. The number of methoxy groups -OCH3 is 1. The summed E-state index contributed by atoms with van der Waals surface area (Å²) >= 11 is 2.39. The van der Waals surface area contributed by atoms with Crippen molar-refractivity contribution in [3.8, 4) is 0 Å². The molecule has 0 unspecified atom stereocenters. The van der Waals surface area contributed by atoms with Crippen molar-refractivity contribution in [2.24, 2.45) is 5.92 Å². The van der Waals surface area contributed by atoms with Gasteiger partial charge in [0, 0.05) is 6.54 Å². The molecule has 0 saturated carbocycles. The average molecular weight is 432 g/mol. The van der Waals surface area contributed by atoms with Gasteiger partial charge in [-0.3, -0.25) is 14.2 Å². The molecule has 3 rings (SSSR count). The van der Waals surface area contributed by atoms with Crippen LogP contribution in [0.5, 0.6) is 0 Å². The third-order valence-corrected chi connectivity index (χ3v) is 5.89. The highest BCUT2D eigenvalue weighted by Crippen LogP contribution is 2.24. The van der Waals surface area contributed by atoms with Crippen molar-refractivity contribution in [3.05, 3.63) is 50.9 Å². The highest BCUT2D eigenvalue weighted by atomic mass is 32.2. The lowest BCUT2D eigenvalue weighted by Crippen LogP contribution is -2.26. The van der Waals surface area contributed by atoms with Crippen LogP contribution in [0.15, 0.2) is 45.7 Å². The lowest BCUT2D eigenvalue weighted by Gasteiger charge is -2.14. The maximum atomic E-state index is 12.9. The zero-order valence-electron chi connectivity index (χ0n) is 16.3. The molecule has 0 saturated heterocycles. The van der Waals surface area contributed by atoms with Gasteiger partial charge in [-0.25, -0.2) is 9.78 Å². The third-order valence-electron chi connectivity index (χ3n) is 4.02. The first-order valence-electron chi connectivity index (χ1n) is 8.98. The van der Waals surface area contributed by atoms with E-state index in [9.17, 15) is 14.4 Å². The third kappa shape index (κ3) is 4.86. The monoisotopic (exact) mass is 431 g/mol. The van der Waals surface area contributed by atoms with Crippen LogP contribution in [0.2, 0.25) is 0 Å². The Bertz CT molecular complexity index is 1100. The van der Waals surface area contributed by atoms with Gasteiger partial charge in [-0.2, -0.15) is 0 Å². The number of nitrogens with zero attached hydrogens (tertiary/aromatic N) is 2. The van der Waals surface area contributed by atoms with E-state index in [1.807, 2.05) is 26.0 Å². The van der Waals surface area contributed by atoms with E-state index in [0.29, 0.717) is 33.2 Å². The quantitative estimate of drug-likeness (QED) is 0.349. The van der Waals surface area contributed by atoms with E-state index in [4.69, 9.17) is 4.74 Å². The minimum absolute atomic E-state index is 0.0549. The van der Waals surface area contributed by atoms with Crippen LogP contribution < -0.4 is 10.9 Å². The van der Waals surface area contributed by atoms with E-state index in [0.717, 1.165) is 0 Å². The summed E-state index contributed by atoms with van der Waals surface area (Å²) in [5, 5.41) is 5.49. The van der Waals surface area contributed by atoms with Gasteiger partial charge < -0.3 is 10.1 Å². The largest absolute Gasteiger partial charge is 0.465 e. The van der Waals surface area contributed by atoms with Crippen molar-refractivity contribution < 1.29 is 14.3 Å². The number of fused-ring (bicyclic) bond motifs is 1. The fourth-order valence-electron chi connectivity index (χ4n) is 2.76. The number of anilines is 1. The van der Waals surface area contributed by atoms with E-state index in [1.165, 1.54) is 30.2 Å². The fourth-order valence-corrected chi connectivity index (χ4v) is 4.33. The zero-order valence-corrected chi connectivity index (χ0v) is 17.9. The van der Waals surface area contributed by atoms with Gasteiger partial charge in [0.1, 0.15) is 4.88 Å². The number of hydrogen-bond acceptors (Lipinski definition) is 7. The molecule has 1 amide bonds. The second-order valence-corrected chi connectivity index (χ2v) is 8.57. The molecule has 2 aromatic heterocycles. The number of carbonyl (C=O) groups is 2. The van der Waals surface area contributed by atoms with Crippen LogP contribution in [-0.2, 0) is 16.1 Å². The summed E-state index contributed by atoms with van der Waals surface area (Å²) in [4.78, 5) is 42.0. The van der Waals surface area contributed by atoms with E-state index >= 15 is 0 Å². The van der Waals surface area contributed by atoms with Crippen LogP contribution in [0.4, 0.5) is 5.69 Å². The van der Waals surface area contributed by atoms with Gasteiger partial charge in [-0.1, -0.05) is 37.7 Å². The maximum absolute atomic E-state index is 12.9. The molecule has 1 N–H and O–H groups in total. The van der Waals surface area contributed by atoms with Crippen molar-refractivity contribution in [2.75, 3.05) is 18.2 Å². The molecule has 152 valence electrons. The molecule has 0 aliphatic heterocycles. The summed E-state index contributed by atoms with van der Waals surface area (Å²) in [7, 11) is 1.29. The first-order chi connectivity index (χ1) is 13.9. The summed E-state index contributed by atoms with van der Waals surface area (Å²) in [6.07, 6.45) is 0. The van der Waals surface area contributed by atoms with Crippen molar-refractivity contribution in [2.45, 2.75) is 25.5 Å². The minimum Gasteiger partial charge on any atom is -0.465 e. The molecule has 7 nitrogen and oxygen atoms in total. The second kappa shape index (κ2) is 9.23. The van der Waals surface area contributed by atoms with E-state index < -0.39 is 5.97 Å². The van der Waals surface area contributed by atoms with Gasteiger partial charge in [0.15, 0.2) is 5.16 Å². The lowest BCUT2D eigenvalue weighted by atomic mass is 10.2. The molecule has 0 bridgehead atoms. The number of rotatable bonds is 7. The van der Waals surface area contributed by atoms with Crippen molar-refractivity contribution in [1.29, 1.82) is 0 Å². The number of amides is 1. The molecule has 0 spiro atoms. The molecule has 1 aromatic carbocycles. The predicted molar refractivity (Wildman–Crippen MR) is 116 cm³/mol. The first-order valence-corrected chi connectivity index (χ1v) is 10.8. The Hall–Kier alpha value is -2.65. The summed E-state index contributed by atoms with van der Waals surface area (Å²) in [5.74, 6) is -0.487. The number of nitrogens with one attached hydrogen (secondary N) is 1. The summed E-state index contributed by atoms with van der Waals surface area (Å²) in [6.45, 7) is 4.55. The van der Waals surface area contributed by atoms with Gasteiger partial charge in [0.2, 0.25) is 5.91 Å². The maximum Gasteiger partial charge on any atom is 0.350 e. The fraction of sp³-hybridized carbons (Fsp3) is 0.300. The Morgan fingerprint density at radius 2 is 2.03 bits per heavy atom. The Labute approximate surface area is 176 Å². The summed E-state index contributed by atoms with van der Waals surface area (Å²) < 4.78 is 6.34. The lowest BCUT2D eigenvalue weighted by molar-refractivity contribution is -0.113. The number of ether oxygens (including phenoxy) is 1. The topological polar surface area (TPSA) is 90.3 Å². The molecule has 3 aromatic rings. The van der Waals surface area contributed by atoms with Crippen LogP contribution in [0.25, 0.3) is 10.9 Å². The molecule has 0 atom stereocenters. The summed E-state index contributed by atoms with van der Waals surface area (Å²) in [5.41, 5.74) is 0.905. The SMILES string of the molecule is COC(=O)c1sccc1NC(=O)CSc1nc2ccccc2c(=O)n1CC(C)C. The molecule has 29 heavy (non-hydrogen) atoms. The van der Waals surface area contributed by atoms with Gasteiger partial charge in [-0.15, -0.1) is 11.3 Å². The first kappa shape index (κ1) is 21.1. The Morgan fingerprint density at radius 1 is 1.28 bits per heavy atom. The second-order valence-electron chi connectivity index (χ2n) is 6.71. The Balaban J connectivity index is 1.81. The standard InChI is InChI=1S/C20H21N3O4S2/c1-12(2)10-23-18(25)13-6-4-5-7-14(13)22-20(23)29-11-16(24)21-15-8-9-28-17(15)19(26)27-3/h4-9,12H,10-11H2,1-3H3,(H,21,24). The Kier molecular flexibility index (Phi) is 6.71. The molecule has 0 radical (unpaired) electrons. The number of esters is 1. The van der Waals surface area contributed by atoms with Crippen LogP contribution in [-0.4, -0.2) is 34.3 Å². The van der Waals surface area contributed by atoms with Gasteiger partial charge >= 0.3 is 5.97 Å². The highest BCUT2D eigenvalue weighted by molar-refractivity contribution is 7.99. The van der Waals surface area contributed by atoms with Crippen molar-refractivity contribution in [3.63, 3.8) is 0 Å². The van der Waals surface area contributed by atoms with Crippen LogP contribution in [0, 0.1) is 5.92 Å². The van der Waals surface area contributed by atoms with Crippen LogP contribution >= 0.6 is 23.1 Å². The number of thioether (sulfide) groups is 1. The van der Waals surface area contributed by atoms with E-state index in [1.54, 1.807) is 28.1 Å². The van der Waals surface area contributed by atoms with Crippen molar-refractivity contribution >= 4 is 51.6 Å². The number of aromatic nitrogens is 2. The molecule has 2 heterocycles.